The van der Waals surface area contributed by atoms with E-state index in [1.54, 1.807) is 0 Å². The molecule has 126 valence electrons. The Morgan fingerprint density at radius 2 is 1.83 bits per heavy atom. The van der Waals surface area contributed by atoms with Crippen LogP contribution in [0.3, 0.4) is 0 Å². The predicted octanol–water partition coefficient (Wildman–Crippen LogP) is -0.662. The van der Waals surface area contributed by atoms with E-state index in [-0.39, 0.29) is 37.9 Å². The van der Waals surface area contributed by atoms with Gasteiger partial charge in [0.2, 0.25) is 11.8 Å². The summed E-state index contributed by atoms with van der Waals surface area (Å²) in [5.41, 5.74) is 1.30. The van der Waals surface area contributed by atoms with Crippen molar-refractivity contribution in [1.82, 2.24) is 25.6 Å². The summed E-state index contributed by atoms with van der Waals surface area (Å²) in [5.74, 6) is -1.65. The molecule has 0 aliphatic rings. The van der Waals surface area contributed by atoms with Crippen molar-refractivity contribution >= 4 is 17.8 Å². The lowest BCUT2D eigenvalue weighted by Crippen LogP contribution is -2.37. The fraction of sp³-hybridized carbons (Fsp3) is 0.267. The summed E-state index contributed by atoms with van der Waals surface area (Å²) in [6, 6.07) is 9.21. The average molecular weight is 331 g/mol. The first kappa shape index (κ1) is 17.1. The van der Waals surface area contributed by atoms with Gasteiger partial charge in [0, 0.05) is 0 Å². The van der Waals surface area contributed by atoms with E-state index < -0.39 is 5.97 Å². The number of amides is 2. The Balaban J connectivity index is 1.68. The normalized spacial score (nSPS) is 10.2. The highest BCUT2D eigenvalue weighted by Crippen LogP contribution is 1.99. The van der Waals surface area contributed by atoms with Crippen LogP contribution in [0.4, 0.5) is 0 Å². The summed E-state index contributed by atoms with van der Waals surface area (Å²) in [5, 5.41) is 21.1. The Labute approximate surface area is 137 Å². The molecule has 0 bridgehead atoms. The van der Waals surface area contributed by atoms with E-state index >= 15 is 0 Å². The first-order valence-corrected chi connectivity index (χ1v) is 7.21. The second-order valence-electron chi connectivity index (χ2n) is 5.02. The minimum absolute atomic E-state index is 0.104. The van der Waals surface area contributed by atoms with Crippen molar-refractivity contribution < 1.29 is 19.5 Å². The number of carbonyl (C=O) groups is 3. The largest absolute Gasteiger partial charge is 0.480 e. The maximum Gasteiger partial charge on any atom is 0.325 e. The van der Waals surface area contributed by atoms with Gasteiger partial charge in [-0.3, -0.25) is 14.4 Å². The summed E-state index contributed by atoms with van der Waals surface area (Å²) in [6.45, 7) is -0.335. The fourth-order valence-electron chi connectivity index (χ4n) is 1.91. The number of carboxylic acids is 1. The van der Waals surface area contributed by atoms with Gasteiger partial charge in [0.25, 0.3) is 0 Å². The third kappa shape index (κ3) is 5.87. The molecule has 9 heteroatoms. The monoisotopic (exact) mass is 331 g/mol. The highest BCUT2D eigenvalue weighted by molar-refractivity contribution is 5.85. The molecule has 2 amide bonds. The number of nitrogens with zero attached hydrogens (tertiary/aromatic N) is 3. The SMILES string of the molecule is O=C(O)Cn1cc(CNC(=O)CNC(=O)Cc2ccccc2)nn1. The first-order valence-electron chi connectivity index (χ1n) is 7.21. The Hall–Kier alpha value is -3.23. The maximum absolute atomic E-state index is 11.7. The van der Waals surface area contributed by atoms with Crippen molar-refractivity contribution in [3.63, 3.8) is 0 Å². The molecule has 3 N–H and O–H groups in total. The van der Waals surface area contributed by atoms with E-state index in [4.69, 9.17) is 5.11 Å². The quantitative estimate of drug-likeness (QED) is 0.589. The Morgan fingerprint density at radius 3 is 2.54 bits per heavy atom. The molecule has 1 heterocycles. The van der Waals surface area contributed by atoms with Crippen LogP contribution in [-0.4, -0.2) is 44.4 Å². The molecule has 0 aliphatic carbocycles. The molecule has 0 saturated carbocycles. The number of rotatable bonds is 8. The molecule has 0 spiro atoms. The van der Waals surface area contributed by atoms with Crippen LogP contribution in [0.2, 0.25) is 0 Å². The van der Waals surface area contributed by atoms with Crippen LogP contribution >= 0.6 is 0 Å². The number of benzene rings is 1. The molecule has 0 atom stereocenters. The molecular weight excluding hydrogens is 314 g/mol. The third-order valence-electron chi connectivity index (χ3n) is 3.00. The molecule has 0 unspecified atom stereocenters. The van der Waals surface area contributed by atoms with Crippen LogP contribution in [0.1, 0.15) is 11.3 Å². The number of nitrogens with one attached hydrogen (secondary N) is 2. The van der Waals surface area contributed by atoms with Gasteiger partial charge in [-0.25, -0.2) is 4.68 Å². The standard InChI is InChI=1S/C15H17N5O4/c21-13(6-11-4-2-1-3-5-11)17-8-14(22)16-7-12-9-20(19-18-12)10-15(23)24/h1-5,9H,6-8,10H2,(H,16,22)(H,17,21)(H,23,24). The topological polar surface area (TPSA) is 126 Å². The molecule has 0 saturated heterocycles. The lowest BCUT2D eigenvalue weighted by molar-refractivity contribution is -0.138. The highest BCUT2D eigenvalue weighted by Gasteiger charge is 2.08. The van der Waals surface area contributed by atoms with E-state index in [0.717, 1.165) is 10.2 Å². The van der Waals surface area contributed by atoms with Gasteiger partial charge < -0.3 is 15.7 Å². The number of aliphatic carboxylic acids is 1. The van der Waals surface area contributed by atoms with Gasteiger partial charge >= 0.3 is 5.97 Å². The zero-order chi connectivity index (χ0) is 17.4. The van der Waals surface area contributed by atoms with Crippen molar-refractivity contribution in [3.8, 4) is 0 Å². The number of hydrogen-bond acceptors (Lipinski definition) is 5. The number of aromatic nitrogens is 3. The minimum atomic E-state index is -1.03. The molecule has 0 aliphatic heterocycles. The summed E-state index contributed by atoms with van der Waals surface area (Å²) in [6.07, 6.45) is 1.64. The Kier molecular flexibility index (Phi) is 6.01. The number of hydrogen-bond donors (Lipinski definition) is 3. The van der Waals surface area contributed by atoms with E-state index in [1.165, 1.54) is 6.20 Å². The second kappa shape index (κ2) is 8.42. The van der Waals surface area contributed by atoms with Gasteiger partial charge in [0.05, 0.1) is 25.7 Å². The van der Waals surface area contributed by atoms with Gasteiger partial charge in [-0.1, -0.05) is 35.5 Å². The van der Waals surface area contributed by atoms with Crippen molar-refractivity contribution in [2.24, 2.45) is 0 Å². The minimum Gasteiger partial charge on any atom is -0.480 e. The molecule has 0 radical (unpaired) electrons. The summed E-state index contributed by atoms with van der Waals surface area (Å²) in [7, 11) is 0. The first-order chi connectivity index (χ1) is 11.5. The average Bonchev–Trinajstić information content (AvgIpc) is 2.98. The summed E-state index contributed by atoms with van der Waals surface area (Å²) >= 11 is 0. The van der Waals surface area contributed by atoms with Crippen molar-refractivity contribution in [1.29, 1.82) is 0 Å². The van der Waals surface area contributed by atoms with Crippen LogP contribution in [0, 0.1) is 0 Å². The van der Waals surface area contributed by atoms with Crippen molar-refractivity contribution in [2.75, 3.05) is 6.54 Å². The van der Waals surface area contributed by atoms with Crippen LogP contribution in [0.25, 0.3) is 0 Å². The number of carbonyl (C=O) groups excluding carboxylic acids is 2. The van der Waals surface area contributed by atoms with Gasteiger partial charge in [0.15, 0.2) is 0 Å². The van der Waals surface area contributed by atoms with E-state index in [1.807, 2.05) is 30.3 Å². The van der Waals surface area contributed by atoms with E-state index in [0.29, 0.717) is 5.69 Å². The molecule has 9 nitrogen and oxygen atoms in total. The van der Waals surface area contributed by atoms with Crippen LogP contribution in [0.15, 0.2) is 36.5 Å². The molecule has 2 rings (SSSR count). The lowest BCUT2D eigenvalue weighted by atomic mass is 10.1. The molecule has 1 aromatic carbocycles. The fourth-order valence-corrected chi connectivity index (χ4v) is 1.91. The Morgan fingerprint density at radius 1 is 1.08 bits per heavy atom. The summed E-state index contributed by atoms with van der Waals surface area (Å²) < 4.78 is 1.16. The molecular formula is C15H17N5O4. The van der Waals surface area contributed by atoms with Gasteiger partial charge in [-0.05, 0) is 5.56 Å². The van der Waals surface area contributed by atoms with Crippen molar-refractivity contribution in [3.05, 3.63) is 47.8 Å². The van der Waals surface area contributed by atoms with Crippen LogP contribution in [0.5, 0.6) is 0 Å². The molecule has 1 aromatic heterocycles. The lowest BCUT2D eigenvalue weighted by Gasteiger charge is -2.06. The maximum atomic E-state index is 11.7. The zero-order valence-electron chi connectivity index (χ0n) is 12.8. The van der Waals surface area contributed by atoms with Crippen molar-refractivity contribution in [2.45, 2.75) is 19.5 Å². The second-order valence-corrected chi connectivity index (χ2v) is 5.02. The van der Waals surface area contributed by atoms with Crippen LogP contribution in [-0.2, 0) is 33.9 Å². The summed E-state index contributed by atoms with van der Waals surface area (Å²) in [4.78, 5) is 33.9. The van der Waals surface area contributed by atoms with Gasteiger partial charge in [0.1, 0.15) is 12.2 Å². The van der Waals surface area contributed by atoms with Crippen LogP contribution < -0.4 is 10.6 Å². The van der Waals surface area contributed by atoms with Gasteiger partial charge in [-0.15, -0.1) is 5.10 Å². The zero-order valence-corrected chi connectivity index (χ0v) is 12.8. The third-order valence-corrected chi connectivity index (χ3v) is 3.00. The Bertz CT molecular complexity index is 714. The van der Waals surface area contributed by atoms with E-state index in [2.05, 4.69) is 20.9 Å². The molecule has 0 fully saturated rings. The van der Waals surface area contributed by atoms with Gasteiger partial charge in [-0.2, -0.15) is 0 Å². The molecule has 2 aromatic rings. The smallest absolute Gasteiger partial charge is 0.325 e. The number of carboxylic acid groups (broad SMARTS) is 1. The van der Waals surface area contributed by atoms with E-state index in [9.17, 15) is 14.4 Å². The molecule has 24 heavy (non-hydrogen) atoms. The highest BCUT2D eigenvalue weighted by atomic mass is 16.4. The predicted molar refractivity (Wildman–Crippen MR) is 82.7 cm³/mol.